The van der Waals surface area contributed by atoms with Gasteiger partial charge in [-0.3, -0.25) is 5.32 Å². The van der Waals surface area contributed by atoms with Crippen LogP contribution in [0.4, 0.5) is 0 Å². The van der Waals surface area contributed by atoms with Crippen molar-refractivity contribution in [1.29, 1.82) is 10.5 Å². The van der Waals surface area contributed by atoms with Crippen molar-refractivity contribution in [3.63, 3.8) is 0 Å². The third-order valence-electron chi connectivity index (χ3n) is 3.75. The van der Waals surface area contributed by atoms with E-state index in [1.165, 1.54) is 0 Å². The number of hydrogen-bond acceptors (Lipinski definition) is 3. The molecule has 1 atom stereocenters. The van der Waals surface area contributed by atoms with Gasteiger partial charge in [-0.15, -0.1) is 0 Å². The monoisotopic (exact) mass is 360 g/mol. The Bertz CT molecular complexity index is 796. The molecule has 1 aromatic carbocycles. The molecular weight excluding hydrogens is 343 g/mol. The molecule has 1 heterocycles. The van der Waals surface area contributed by atoms with E-state index in [0.29, 0.717) is 28.6 Å². The third kappa shape index (κ3) is 3.91. The third-order valence-corrected chi connectivity index (χ3v) is 4.57. The minimum Gasteiger partial charge on any atom is -0.336 e. The van der Waals surface area contributed by atoms with Crippen LogP contribution >= 0.6 is 23.2 Å². The number of nitrogens with one attached hydrogen (secondary N) is 1. The Morgan fingerprint density at radius 2 is 1.92 bits per heavy atom. The molecule has 0 fully saturated rings. The van der Waals surface area contributed by atoms with Crippen molar-refractivity contribution in [3.05, 3.63) is 46.2 Å². The van der Waals surface area contributed by atoms with Gasteiger partial charge in [0.05, 0.1) is 27.8 Å². The van der Waals surface area contributed by atoms with Crippen LogP contribution in [0.25, 0.3) is 11.1 Å². The van der Waals surface area contributed by atoms with Crippen LogP contribution in [0.3, 0.4) is 0 Å². The maximum Gasteiger partial charge on any atom is 0.101 e. The van der Waals surface area contributed by atoms with Gasteiger partial charge in [0, 0.05) is 36.5 Å². The zero-order chi connectivity index (χ0) is 17.7. The molecule has 0 radical (unpaired) electrons. The van der Waals surface area contributed by atoms with Crippen molar-refractivity contribution < 1.29 is 0 Å². The Balaban J connectivity index is 2.44. The maximum atomic E-state index is 9.48. The van der Waals surface area contributed by atoms with Crippen molar-refractivity contribution in [2.45, 2.75) is 26.4 Å². The summed E-state index contributed by atoms with van der Waals surface area (Å²) < 4.78 is 1.97. The summed E-state index contributed by atoms with van der Waals surface area (Å²) in [7, 11) is 0. The van der Waals surface area contributed by atoms with Gasteiger partial charge < -0.3 is 4.57 Å². The van der Waals surface area contributed by atoms with Crippen LogP contribution in [0, 0.1) is 28.6 Å². The molecule has 1 aromatic heterocycles. The molecule has 1 N–H and O–H groups in total. The highest BCUT2D eigenvalue weighted by molar-refractivity contribution is 6.43. The molecule has 0 saturated carbocycles. The number of benzene rings is 1. The molecule has 0 aliphatic carbocycles. The average Bonchev–Trinajstić information content (AvgIpc) is 2.97. The molecule has 1 unspecified atom stereocenters. The van der Waals surface area contributed by atoms with Crippen molar-refractivity contribution in [3.8, 4) is 23.3 Å². The summed E-state index contributed by atoms with van der Waals surface area (Å²) in [5.74, 6) is 0.283. The number of nitrogens with zero attached hydrogens (tertiary/aromatic N) is 3. The standard InChI is InChI=1S/C18H18Cl2N4/c1-12(2)18(23-8-4-7-21)24-10-13(9-22)15(11-24)14-5-3-6-16(19)17(14)20/h3,5-6,10-12,18,23H,4,8H2,1-2H3. The molecule has 2 rings (SSSR count). The van der Waals surface area contributed by atoms with E-state index in [-0.39, 0.29) is 12.1 Å². The van der Waals surface area contributed by atoms with E-state index < -0.39 is 0 Å². The minimum atomic E-state index is -0.0165. The fraction of sp³-hybridized carbons (Fsp3) is 0.333. The smallest absolute Gasteiger partial charge is 0.101 e. The van der Waals surface area contributed by atoms with E-state index >= 15 is 0 Å². The molecule has 4 nitrogen and oxygen atoms in total. The lowest BCUT2D eigenvalue weighted by Crippen LogP contribution is -2.30. The molecule has 0 amide bonds. The number of hydrogen-bond donors (Lipinski definition) is 1. The summed E-state index contributed by atoms with van der Waals surface area (Å²) >= 11 is 12.4. The fourth-order valence-electron chi connectivity index (χ4n) is 2.61. The molecule has 124 valence electrons. The van der Waals surface area contributed by atoms with E-state index in [2.05, 4.69) is 31.3 Å². The lowest BCUT2D eigenvalue weighted by Gasteiger charge is -2.23. The molecule has 0 aliphatic heterocycles. The molecule has 0 aliphatic rings. The van der Waals surface area contributed by atoms with E-state index in [4.69, 9.17) is 28.5 Å². The van der Waals surface area contributed by atoms with Crippen LogP contribution in [-0.2, 0) is 0 Å². The minimum absolute atomic E-state index is 0.0165. The van der Waals surface area contributed by atoms with E-state index in [9.17, 15) is 5.26 Å². The number of rotatable bonds is 6. The molecule has 0 bridgehead atoms. The first-order chi connectivity index (χ1) is 11.5. The number of aromatic nitrogens is 1. The van der Waals surface area contributed by atoms with Gasteiger partial charge in [0.15, 0.2) is 0 Å². The molecular formula is C18H18Cl2N4. The van der Waals surface area contributed by atoms with Crippen molar-refractivity contribution in [2.24, 2.45) is 5.92 Å². The summed E-state index contributed by atoms with van der Waals surface area (Å²) in [6.07, 6.45) is 4.12. The van der Waals surface area contributed by atoms with Gasteiger partial charge >= 0.3 is 0 Å². The van der Waals surface area contributed by atoms with E-state index in [0.717, 1.165) is 11.1 Å². The summed E-state index contributed by atoms with van der Waals surface area (Å²) in [6, 6.07) is 9.73. The van der Waals surface area contributed by atoms with Crippen LogP contribution in [0.2, 0.25) is 10.0 Å². The maximum absolute atomic E-state index is 9.48. The zero-order valence-electron chi connectivity index (χ0n) is 13.6. The second-order valence-electron chi connectivity index (χ2n) is 5.80. The normalized spacial score (nSPS) is 12.0. The quantitative estimate of drug-likeness (QED) is 0.737. The fourth-order valence-corrected chi connectivity index (χ4v) is 3.01. The summed E-state index contributed by atoms with van der Waals surface area (Å²) in [4.78, 5) is 0. The molecule has 6 heteroatoms. The predicted octanol–water partition coefficient (Wildman–Crippen LogP) is 4.99. The Morgan fingerprint density at radius 3 is 2.54 bits per heavy atom. The summed E-state index contributed by atoms with van der Waals surface area (Å²) in [5.41, 5.74) is 2.02. The second kappa shape index (κ2) is 8.22. The molecule has 24 heavy (non-hydrogen) atoms. The van der Waals surface area contributed by atoms with Crippen LogP contribution in [0.1, 0.15) is 32.0 Å². The van der Waals surface area contributed by atoms with Gasteiger partial charge in [-0.1, -0.05) is 49.2 Å². The van der Waals surface area contributed by atoms with Gasteiger partial charge in [0.25, 0.3) is 0 Å². The van der Waals surface area contributed by atoms with Crippen molar-refractivity contribution >= 4 is 23.2 Å². The van der Waals surface area contributed by atoms with Crippen LogP contribution in [0.15, 0.2) is 30.6 Å². The van der Waals surface area contributed by atoms with E-state index in [1.54, 1.807) is 12.3 Å². The Kier molecular flexibility index (Phi) is 6.29. The lowest BCUT2D eigenvalue weighted by molar-refractivity contribution is 0.311. The Hall–Kier alpha value is -1.98. The topological polar surface area (TPSA) is 64.5 Å². The zero-order valence-corrected chi connectivity index (χ0v) is 15.1. The van der Waals surface area contributed by atoms with Gasteiger partial charge in [-0.2, -0.15) is 10.5 Å². The first-order valence-corrected chi connectivity index (χ1v) is 8.41. The van der Waals surface area contributed by atoms with Gasteiger partial charge in [0.1, 0.15) is 6.07 Å². The Morgan fingerprint density at radius 1 is 1.17 bits per heavy atom. The highest BCUT2D eigenvalue weighted by Crippen LogP contribution is 2.36. The summed E-state index contributed by atoms with van der Waals surface area (Å²) in [6.45, 7) is 4.76. The van der Waals surface area contributed by atoms with Crippen LogP contribution < -0.4 is 5.32 Å². The van der Waals surface area contributed by atoms with Crippen LogP contribution in [-0.4, -0.2) is 11.1 Å². The number of halogens is 2. The molecule has 0 saturated heterocycles. The second-order valence-corrected chi connectivity index (χ2v) is 6.58. The van der Waals surface area contributed by atoms with Crippen molar-refractivity contribution in [1.82, 2.24) is 9.88 Å². The summed E-state index contributed by atoms with van der Waals surface area (Å²) in [5, 5.41) is 22.4. The number of nitriles is 2. The van der Waals surface area contributed by atoms with Crippen molar-refractivity contribution in [2.75, 3.05) is 6.54 Å². The molecule has 2 aromatic rings. The molecule has 0 spiro atoms. The SMILES string of the molecule is CC(C)C(NCCC#N)n1cc(C#N)c(-c2cccc(Cl)c2Cl)c1. The Labute approximate surface area is 152 Å². The highest BCUT2D eigenvalue weighted by Gasteiger charge is 2.19. The lowest BCUT2D eigenvalue weighted by atomic mass is 10.1. The predicted molar refractivity (Wildman–Crippen MR) is 96.7 cm³/mol. The average molecular weight is 361 g/mol. The first-order valence-electron chi connectivity index (χ1n) is 7.65. The highest BCUT2D eigenvalue weighted by atomic mass is 35.5. The van der Waals surface area contributed by atoms with Gasteiger partial charge in [-0.25, -0.2) is 0 Å². The largest absolute Gasteiger partial charge is 0.336 e. The first kappa shape index (κ1) is 18.4. The van der Waals surface area contributed by atoms with Crippen LogP contribution in [0.5, 0.6) is 0 Å². The van der Waals surface area contributed by atoms with Gasteiger partial charge in [-0.05, 0) is 12.0 Å². The van der Waals surface area contributed by atoms with Gasteiger partial charge in [0.2, 0.25) is 0 Å². The van der Waals surface area contributed by atoms with E-state index in [1.807, 2.05) is 22.9 Å².